The maximum absolute atomic E-state index is 12.5. The molecular formula is C25H20N6O3. The number of nitrogens with zero attached hydrogens (tertiary/aromatic N) is 6. The molecular weight excluding hydrogens is 432 g/mol. The molecule has 5 aromatic rings. The van der Waals surface area contributed by atoms with Gasteiger partial charge in [0.05, 0.1) is 23.8 Å². The zero-order valence-corrected chi connectivity index (χ0v) is 18.8. The standard InChI is InChI=1S/C25H20N6O3/c1-15-22(24-30-29-23(34-24)16-7-5-4-6-8-16)28-20(12-27-15)18-10-9-17(25(32)31(2)3)11-19(18)21-13-26-14-33-21/h4-14H,1-3H3. The predicted octanol–water partition coefficient (Wildman–Crippen LogP) is 4.53. The van der Waals surface area contributed by atoms with Gasteiger partial charge in [-0.25, -0.2) is 9.97 Å². The highest BCUT2D eigenvalue weighted by Crippen LogP contribution is 2.34. The fourth-order valence-electron chi connectivity index (χ4n) is 3.51. The van der Waals surface area contributed by atoms with E-state index < -0.39 is 0 Å². The Morgan fingerprint density at radius 2 is 1.74 bits per heavy atom. The summed E-state index contributed by atoms with van der Waals surface area (Å²) >= 11 is 0. The molecule has 34 heavy (non-hydrogen) atoms. The number of benzene rings is 2. The molecule has 0 radical (unpaired) electrons. The Bertz CT molecular complexity index is 1460. The molecule has 0 atom stereocenters. The Labute approximate surface area is 195 Å². The first-order chi connectivity index (χ1) is 16.5. The van der Waals surface area contributed by atoms with Crippen LogP contribution in [0.25, 0.3) is 45.6 Å². The van der Waals surface area contributed by atoms with Crippen molar-refractivity contribution in [3.8, 4) is 45.6 Å². The van der Waals surface area contributed by atoms with Gasteiger partial charge in [-0.2, -0.15) is 0 Å². The number of hydrogen-bond acceptors (Lipinski definition) is 8. The Hall–Kier alpha value is -4.66. The molecule has 2 aromatic carbocycles. The van der Waals surface area contributed by atoms with E-state index in [2.05, 4.69) is 20.2 Å². The SMILES string of the molecule is Cc1ncc(-c2ccc(C(=O)N(C)C)cc2-c2cnco2)nc1-c1nnc(-c2ccccc2)o1. The lowest BCUT2D eigenvalue weighted by molar-refractivity contribution is 0.0827. The number of rotatable bonds is 5. The van der Waals surface area contributed by atoms with Gasteiger partial charge >= 0.3 is 0 Å². The van der Waals surface area contributed by atoms with E-state index in [4.69, 9.17) is 13.8 Å². The van der Waals surface area contributed by atoms with Gasteiger partial charge in [0.25, 0.3) is 11.8 Å². The van der Waals surface area contributed by atoms with Gasteiger partial charge in [0, 0.05) is 36.3 Å². The van der Waals surface area contributed by atoms with Gasteiger partial charge < -0.3 is 13.7 Å². The number of carbonyl (C=O) groups is 1. The molecule has 0 spiro atoms. The van der Waals surface area contributed by atoms with Crippen molar-refractivity contribution in [3.63, 3.8) is 0 Å². The maximum atomic E-state index is 12.5. The van der Waals surface area contributed by atoms with Gasteiger partial charge in [0.15, 0.2) is 12.2 Å². The van der Waals surface area contributed by atoms with Gasteiger partial charge in [-0.05, 0) is 31.2 Å². The second-order valence-corrected chi connectivity index (χ2v) is 7.79. The quantitative estimate of drug-likeness (QED) is 0.382. The summed E-state index contributed by atoms with van der Waals surface area (Å²) in [5.41, 5.74) is 4.42. The zero-order chi connectivity index (χ0) is 23.7. The highest BCUT2D eigenvalue weighted by molar-refractivity contribution is 5.96. The van der Waals surface area contributed by atoms with Crippen LogP contribution in [-0.2, 0) is 0 Å². The minimum atomic E-state index is -0.123. The van der Waals surface area contributed by atoms with E-state index >= 15 is 0 Å². The van der Waals surface area contributed by atoms with Crippen molar-refractivity contribution in [2.45, 2.75) is 6.92 Å². The minimum absolute atomic E-state index is 0.123. The van der Waals surface area contributed by atoms with Crippen molar-refractivity contribution in [2.24, 2.45) is 0 Å². The summed E-state index contributed by atoms with van der Waals surface area (Å²) in [7, 11) is 3.41. The van der Waals surface area contributed by atoms with E-state index in [9.17, 15) is 4.79 Å². The predicted molar refractivity (Wildman–Crippen MR) is 124 cm³/mol. The number of oxazole rings is 1. The summed E-state index contributed by atoms with van der Waals surface area (Å²) in [6.45, 7) is 1.83. The van der Waals surface area contributed by atoms with Crippen LogP contribution in [0.5, 0.6) is 0 Å². The molecule has 9 nitrogen and oxygen atoms in total. The van der Waals surface area contributed by atoms with E-state index in [0.717, 1.165) is 11.1 Å². The van der Waals surface area contributed by atoms with Gasteiger partial charge in [0.2, 0.25) is 5.89 Å². The molecule has 168 valence electrons. The number of carbonyl (C=O) groups excluding carboxylic acids is 1. The van der Waals surface area contributed by atoms with Gasteiger partial charge in [-0.3, -0.25) is 9.78 Å². The minimum Gasteiger partial charge on any atom is -0.443 e. The topological polar surface area (TPSA) is 111 Å². The molecule has 3 heterocycles. The van der Waals surface area contributed by atoms with Crippen molar-refractivity contribution in [1.82, 2.24) is 30.0 Å². The number of amides is 1. The van der Waals surface area contributed by atoms with Crippen molar-refractivity contribution in [3.05, 3.63) is 78.6 Å². The monoisotopic (exact) mass is 452 g/mol. The molecule has 0 aliphatic carbocycles. The summed E-state index contributed by atoms with van der Waals surface area (Å²) in [6.07, 6.45) is 4.60. The molecule has 0 fully saturated rings. The van der Waals surface area contributed by atoms with E-state index in [-0.39, 0.29) is 11.8 Å². The Kier molecular flexibility index (Phi) is 5.43. The van der Waals surface area contributed by atoms with Crippen LogP contribution in [0, 0.1) is 6.92 Å². The van der Waals surface area contributed by atoms with Gasteiger partial charge in [0.1, 0.15) is 5.69 Å². The molecule has 9 heteroatoms. The van der Waals surface area contributed by atoms with E-state index in [0.29, 0.717) is 39.9 Å². The number of aryl methyl sites for hydroxylation is 1. The molecule has 0 N–H and O–H groups in total. The maximum Gasteiger partial charge on any atom is 0.268 e. The van der Waals surface area contributed by atoms with Gasteiger partial charge in [-0.1, -0.05) is 24.3 Å². The highest BCUT2D eigenvalue weighted by Gasteiger charge is 2.20. The third-order valence-corrected chi connectivity index (χ3v) is 5.25. The molecule has 1 amide bonds. The van der Waals surface area contributed by atoms with Crippen LogP contribution in [-0.4, -0.2) is 50.1 Å². The molecule has 0 saturated heterocycles. The largest absolute Gasteiger partial charge is 0.443 e. The first-order valence-electron chi connectivity index (χ1n) is 10.5. The normalized spacial score (nSPS) is 10.9. The first kappa shape index (κ1) is 21.2. The summed E-state index contributed by atoms with van der Waals surface area (Å²) in [6, 6.07) is 14.9. The molecule has 0 aliphatic heterocycles. The Morgan fingerprint density at radius 1 is 0.941 bits per heavy atom. The van der Waals surface area contributed by atoms with E-state index in [1.165, 1.54) is 11.3 Å². The molecule has 0 aliphatic rings. The summed E-state index contributed by atoms with van der Waals surface area (Å²) in [5.74, 6) is 1.06. The fourth-order valence-corrected chi connectivity index (χ4v) is 3.51. The van der Waals surface area contributed by atoms with Crippen LogP contribution in [0.2, 0.25) is 0 Å². The van der Waals surface area contributed by atoms with Gasteiger partial charge in [-0.15, -0.1) is 10.2 Å². The van der Waals surface area contributed by atoms with E-state index in [1.54, 1.807) is 38.6 Å². The molecule has 5 rings (SSSR count). The van der Waals surface area contributed by atoms with Crippen LogP contribution in [0.1, 0.15) is 16.1 Å². The lowest BCUT2D eigenvalue weighted by atomic mass is 9.99. The fraction of sp³-hybridized carbons (Fsp3) is 0.120. The summed E-state index contributed by atoms with van der Waals surface area (Å²) in [5, 5.41) is 8.35. The number of hydrogen-bond donors (Lipinski definition) is 0. The third-order valence-electron chi connectivity index (χ3n) is 5.25. The number of aromatic nitrogens is 5. The van der Waals surface area contributed by atoms with Crippen molar-refractivity contribution in [1.29, 1.82) is 0 Å². The highest BCUT2D eigenvalue weighted by atomic mass is 16.4. The van der Waals surface area contributed by atoms with Crippen LogP contribution >= 0.6 is 0 Å². The first-order valence-corrected chi connectivity index (χ1v) is 10.5. The van der Waals surface area contributed by atoms with Crippen molar-refractivity contribution >= 4 is 5.91 Å². The molecule has 0 bridgehead atoms. The second kappa shape index (κ2) is 8.70. The van der Waals surface area contributed by atoms with Crippen LogP contribution in [0.15, 0.2) is 76.2 Å². The Morgan fingerprint density at radius 3 is 2.47 bits per heavy atom. The van der Waals surface area contributed by atoms with Crippen LogP contribution in [0.4, 0.5) is 0 Å². The van der Waals surface area contributed by atoms with Crippen molar-refractivity contribution in [2.75, 3.05) is 14.1 Å². The van der Waals surface area contributed by atoms with Crippen LogP contribution in [0.3, 0.4) is 0 Å². The molecule has 0 unspecified atom stereocenters. The summed E-state index contributed by atoms with van der Waals surface area (Å²) in [4.78, 5) is 27.4. The third kappa shape index (κ3) is 3.95. The van der Waals surface area contributed by atoms with E-state index in [1.807, 2.05) is 43.3 Å². The average Bonchev–Trinajstić information content (AvgIpc) is 3.57. The zero-order valence-electron chi connectivity index (χ0n) is 18.8. The Balaban J connectivity index is 1.60. The summed E-state index contributed by atoms with van der Waals surface area (Å²) < 4.78 is 11.4. The lowest BCUT2D eigenvalue weighted by Gasteiger charge is -2.13. The smallest absolute Gasteiger partial charge is 0.268 e. The molecule has 0 saturated carbocycles. The van der Waals surface area contributed by atoms with Crippen LogP contribution < -0.4 is 0 Å². The molecule has 3 aromatic heterocycles. The average molecular weight is 452 g/mol. The second-order valence-electron chi connectivity index (χ2n) is 7.79. The van der Waals surface area contributed by atoms with Crippen molar-refractivity contribution < 1.29 is 13.6 Å². The lowest BCUT2D eigenvalue weighted by Crippen LogP contribution is -2.21.